The van der Waals surface area contributed by atoms with E-state index in [1.807, 2.05) is 18.4 Å². The highest BCUT2D eigenvalue weighted by atomic mass is 32.1. The first-order chi connectivity index (χ1) is 9.38. The van der Waals surface area contributed by atoms with Gasteiger partial charge in [-0.2, -0.15) is 0 Å². The van der Waals surface area contributed by atoms with Crippen molar-refractivity contribution in [1.82, 2.24) is 10.3 Å². The average molecular weight is 272 g/mol. The molecular weight excluding hydrogens is 252 g/mol. The van der Waals surface area contributed by atoms with E-state index in [4.69, 9.17) is 4.98 Å². The van der Waals surface area contributed by atoms with Gasteiger partial charge >= 0.3 is 0 Å². The number of rotatable bonds is 4. The molecule has 0 amide bonds. The van der Waals surface area contributed by atoms with Gasteiger partial charge in [0.05, 0.1) is 10.7 Å². The molecule has 0 radical (unpaired) electrons. The maximum absolute atomic E-state index is 4.96. The number of hydrogen-bond acceptors (Lipinski definition) is 3. The van der Waals surface area contributed by atoms with Crippen LogP contribution in [0.1, 0.15) is 41.5 Å². The Bertz CT molecular complexity index is 527. The fraction of sp³-hybridized carbons (Fsp3) is 0.438. The summed E-state index contributed by atoms with van der Waals surface area (Å²) in [6, 6.07) is 10.6. The van der Waals surface area contributed by atoms with Crippen LogP contribution in [0.4, 0.5) is 0 Å². The summed E-state index contributed by atoms with van der Waals surface area (Å²) in [6.07, 6.45) is 5.38. The number of thiazole rings is 1. The lowest BCUT2D eigenvalue weighted by atomic mass is 10.1. The molecule has 1 aliphatic carbocycles. The number of aromatic nitrogens is 1. The molecule has 19 heavy (non-hydrogen) atoms. The van der Waals surface area contributed by atoms with E-state index in [1.54, 1.807) is 0 Å². The second-order valence-corrected chi connectivity index (χ2v) is 6.32. The van der Waals surface area contributed by atoms with E-state index in [0.29, 0.717) is 5.92 Å². The first kappa shape index (κ1) is 12.8. The molecular formula is C16H20N2S. The van der Waals surface area contributed by atoms with Crippen molar-refractivity contribution in [2.45, 2.75) is 38.1 Å². The summed E-state index contributed by atoms with van der Waals surface area (Å²) in [6.45, 7) is 0.911. The zero-order valence-electron chi connectivity index (χ0n) is 11.4. The minimum Gasteiger partial charge on any atom is -0.315 e. The summed E-state index contributed by atoms with van der Waals surface area (Å²) in [4.78, 5) is 6.33. The van der Waals surface area contributed by atoms with Crippen molar-refractivity contribution in [1.29, 1.82) is 0 Å². The molecule has 1 heterocycles. The number of benzene rings is 1. The quantitative estimate of drug-likeness (QED) is 0.903. The first-order valence-electron chi connectivity index (χ1n) is 7.08. The molecule has 0 spiro atoms. The third-order valence-corrected chi connectivity index (χ3v) is 5.02. The van der Waals surface area contributed by atoms with Gasteiger partial charge in [0.25, 0.3) is 0 Å². The standard InChI is InChI=1S/C16H20N2S/c1-17-11-14-15(12-7-3-2-4-8-12)18-16(19-14)13-9-5-6-10-13/h2-4,7-8,13,17H,5-6,9-11H2,1H3. The Morgan fingerprint density at radius 1 is 1.21 bits per heavy atom. The van der Waals surface area contributed by atoms with Crippen LogP contribution in [0.3, 0.4) is 0 Å². The van der Waals surface area contributed by atoms with E-state index in [2.05, 4.69) is 35.6 Å². The van der Waals surface area contributed by atoms with Gasteiger partial charge in [0.15, 0.2) is 0 Å². The maximum atomic E-state index is 4.96. The largest absolute Gasteiger partial charge is 0.315 e. The number of nitrogens with zero attached hydrogens (tertiary/aromatic N) is 1. The second kappa shape index (κ2) is 5.85. The fourth-order valence-corrected chi connectivity index (χ4v) is 4.09. The molecule has 0 saturated heterocycles. The number of hydrogen-bond donors (Lipinski definition) is 1. The van der Waals surface area contributed by atoms with Crippen LogP contribution in [0.25, 0.3) is 11.3 Å². The normalized spacial score (nSPS) is 16.1. The lowest BCUT2D eigenvalue weighted by Gasteiger charge is -2.02. The Hall–Kier alpha value is -1.19. The molecule has 0 aliphatic heterocycles. The topological polar surface area (TPSA) is 24.9 Å². The monoisotopic (exact) mass is 272 g/mol. The van der Waals surface area contributed by atoms with Crippen molar-refractivity contribution in [3.63, 3.8) is 0 Å². The third kappa shape index (κ3) is 2.72. The third-order valence-electron chi connectivity index (χ3n) is 3.80. The molecule has 3 heteroatoms. The van der Waals surface area contributed by atoms with E-state index in [0.717, 1.165) is 6.54 Å². The molecule has 0 unspecified atom stereocenters. The lowest BCUT2D eigenvalue weighted by Crippen LogP contribution is -2.04. The molecule has 1 aromatic carbocycles. The van der Waals surface area contributed by atoms with Gasteiger partial charge in [-0.25, -0.2) is 4.98 Å². The van der Waals surface area contributed by atoms with Gasteiger partial charge < -0.3 is 5.32 Å². The van der Waals surface area contributed by atoms with E-state index in [-0.39, 0.29) is 0 Å². The Balaban J connectivity index is 1.97. The molecule has 1 aromatic heterocycles. The van der Waals surface area contributed by atoms with E-state index in [9.17, 15) is 0 Å². The molecule has 0 atom stereocenters. The summed E-state index contributed by atoms with van der Waals surface area (Å²) in [5.41, 5.74) is 2.43. The van der Waals surface area contributed by atoms with Crippen LogP contribution in [0.5, 0.6) is 0 Å². The van der Waals surface area contributed by atoms with Crippen molar-refractivity contribution >= 4 is 11.3 Å². The van der Waals surface area contributed by atoms with E-state index >= 15 is 0 Å². The van der Waals surface area contributed by atoms with Gasteiger partial charge in [-0.1, -0.05) is 43.2 Å². The van der Waals surface area contributed by atoms with Gasteiger partial charge in [-0.3, -0.25) is 0 Å². The first-order valence-corrected chi connectivity index (χ1v) is 7.89. The minimum atomic E-state index is 0.707. The van der Waals surface area contributed by atoms with E-state index in [1.165, 1.54) is 46.8 Å². The molecule has 2 aromatic rings. The minimum absolute atomic E-state index is 0.707. The van der Waals surface area contributed by atoms with E-state index < -0.39 is 0 Å². The van der Waals surface area contributed by atoms with Crippen LogP contribution in [-0.2, 0) is 6.54 Å². The van der Waals surface area contributed by atoms with Crippen LogP contribution in [-0.4, -0.2) is 12.0 Å². The van der Waals surface area contributed by atoms with Crippen LogP contribution < -0.4 is 5.32 Å². The Morgan fingerprint density at radius 2 is 1.95 bits per heavy atom. The highest BCUT2D eigenvalue weighted by Gasteiger charge is 2.22. The molecule has 1 saturated carbocycles. The van der Waals surface area contributed by atoms with Crippen molar-refractivity contribution in [2.24, 2.45) is 0 Å². The van der Waals surface area contributed by atoms with Gasteiger partial charge in [0.2, 0.25) is 0 Å². The lowest BCUT2D eigenvalue weighted by molar-refractivity contribution is 0.717. The Morgan fingerprint density at radius 3 is 2.63 bits per heavy atom. The van der Waals surface area contributed by atoms with Crippen LogP contribution >= 0.6 is 11.3 Å². The van der Waals surface area contributed by atoms with Gasteiger partial charge in [0.1, 0.15) is 0 Å². The van der Waals surface area contributed by atoms with Crippen LogP contribution in [0, 0.1) is 0 Å². The zero-order chi connectivity index (χ0) is 13.1. The van der Waals surface area contributed by atoms with Gasteiger partial charge in [0, 0.05) is 22.9 Å². The molecule has 1 N–H and O–H groups in total. The maximum Gasteiger partial charge on any atom is 0.0966 e. The Kier molecular flexibility index (Phi) is 3.95. The SMILES string of the molecule is CNCc1sc(C2CCCC2)nc1-c1ccccc1. The van der Waals surface area contributed by atoms with Crippen molar-refractivity contribution in [3.05, 3.63) is 40.2 Å². The smallest absolute Gasteiger partial charge is 0.0966 e. The van der Waals surface area contributed by atoms with Crippen molar-refractivity contribution in [3.8, 4) is 11.3 Å². The summed E-state index contributed by atoms with van der Waals surface area (Å²) >= 11 is 1.90. The van der Waals surface area contributed by atoms with Gasteiger partial charge in [-0.05, 0) is 19.9 Å². The summed E-state index contributed by atoms with van der Waals surface area (Å²) in [5.74, 6) is 0.707. The van der Waals surface area contributed by atoms with Crippen LogP contribution in [0.15, 0.2) is 30.3 Å². The zero-order valence-corrected chi connectivity index (χ0v) is 12.2. The summed E-state index contributed by atoms with van der Waals surface area (Å²) in [5, 5.41) is 4.62. The van der Waals surface area contributed by atoms with Crippen molar-refractivity contribution < 1.29 is 0 Å². The molecule has 0 bridgehead atoms. The second-order valence-electron chi connectivity index (χ2n) is 5.20. The highest BCUT2D eigenvalue weighted by molar-refractivity contribution is 7.12. The Labute approximate surface area is 118 Å². The molecule has 1 fully saturated rings. The van der Waals surface area contributed by atoms with Gasteiger partial charge in [-0.15, -0.1) is 11.3 Å². The summed E-state index contributed by atoms with van der Waals surface area (Å²) in [7, 11) is 2.00. The average Bonchev–Trinajstić information content (AvgIpc) is 3.08. The summed E-state index contributed by atoms with van der Waals surface area (Å²) < 4.78 is 0. The molecule has 3 rings (SSSR count). The number of nitrogens with one attached hydrogen (secondary N) is 1. The highest BCUT2D eigenvalue weighted by Crippen LogP contribution is 2.39. The molecule has 1 aliphatic rings. The predicted molar refractivity (Wildman–Crippen MR) is 81.5 cm³/mol. The molecule has 100 valence electrons. The van der Waals surface area contributed by atoms with Crippen LogP contribution in [0.2, 0.25) is 0 Å². The van der Waals surface area contributed by atoms with Crippen molar-refractivity contribution in [2.75, 3.05) is 7.05 Å². The fourth-order valence-electron chi connectivity index (χ4n) is 2.82. The predicted octanol–water partition coefficient (Wildman–Crippen LogP) is 4.19. The molecule has 2 nitrogen and oxygen atoms in total.